The van der Waals surface area contributed by atoms with E-state index >= 15 is 0 Å². The lowest BCUT2D eigenvalue weighted by Crippen LogP contribution is -2.05. The molecule has 0 aliphatic carbocycles. The molecule has 0 saturated heterocycles. The van der Waals surface area contributed by atoms with Crippen LogP contribution < -0.4 is 5.43 Å². The summed E-state index contributed by atoms with van der Waals surface area (Å²) in [7, 11) is 0. The predicted molar refractivity (Wildman–Crippen MR) is 89.3 cm³/mol. The van der Waals surface area contributed by atoms with Crippen LogP contribution in [0.5, 0.6) is 5.75 Å². The molecule has 112 valence electrons. The average Bonchev–Trinajstić information content (AvgIpc) is 2.90. The van der Waals surface area contributed by atoms with E-state index in [2.05, 4.69) is 27.0 Å². The number of rotatable bonds is 4. The fourth-order valence-electron chi connectivity index (χ4n) is 2.38. The summed E-state index contributed by atoms with van der Waals surface area (Å²) >= 11 is 0. The molecule has 2 aromatic carbocycles. The molecule has 5 heteroatoms. The van der Waals surface area contributed by atoms with Gasteiger partial charge in [-0.2, -0.15) is 5.10 Å². The van der Waals surface area contributed by atoms with Crippen molar-refractivity contribution in [2.24, 2.45) is 5.10 Å². The number of para-hydroxylation sites is 2. The molecule has 1 heterocycles. The van der Waals surface area contributed by atoms with E-state index in [1.54, 1.807) is 12.1 Å². The number of benzene rings is 2. The number of hydrazone groups is 1. The Morgan fingerprint density at radius 1 is 1.18 bits per heavy atom. The molecule has 0 fully saturated rings. The van der Waals surface area contributed by atoms with E-state index in [1.165, 1.54) is 0 Å². The zero-order chi connectivity index (χ0) is 15.5. The lowest BCUT2D eigenvalue weighted by atomic mass is 10.1. The van der Waals surface area contributed by atoms with Crippen LogP contribution in [0.4, 0.5) is 5.95 Å². The number of aryl methyl sites for hydroxylation is 1. The first-order valence-corrected chi connectivity index (χ1v) is 7.24. The number of nitrogens with one attached hydrogen (secondary N) is 1. The van der Waals surface area contributed by atoms with Crippen LogP contribution >= 0.6 is 0 Å². The second-order valence-electron chi connectivity index (χ2n) is 5.02. The number of fused-ring (bicyclic) bond motifs is 1. The van der Waals surface area contributed by atoms with Gasteiger partial charge in [0, 0.05) is 6.54 Å². The van der Waals surface area contributed by atoms with Gasteiger partial charge in [-0.15, -0.1) is 0 Å². The van der Waals surface area contributed by atoms with Crippen molar-refractivity contribution in [1.29, 1.82) is 0 Å². The monoisotopic (exact) mass is 294 g/mol. The maximum atomic E-state index is 9.33. The smallest absolute Gasteiger partial charge is 0.224 e. The van der Waals surface area contributed by atoms with E-state index in [9.17, 15) is 5.11 Å². The van der Waals surface area contributed by atoms with Crippen LogP contribution in [-0.2, 0) is 6.54 Å². The van der Waals surface area contributed by atoms with Gasteiger partial charge in [0.15, 0.2) is 0 Å². The fraction of sp³-hybridized carbons (Fsp3) is 0.176. The zero-order valence-electron chi connectivity index (χ0n) is 12.6. The first kappa shape index (κ1) is 14.1. The minimum atomic E-state index is 0.247. The second kappa shape index (κ2) is 5.89. The quantitative estimate of drug-likeness (QED) is 0.571. The highest BCUT2D eigenvalue weighted by Gasteiger charge is 2.08. The van der Waals surface area contributed by atoms with Crippen molar-refractivity contribution >= 4 is 22.7 Å². The van der Waals surface area contributed by atoms with Gasteiger partial charge in [-0.05, 0) is 55.8 Å². The molecule has 0 bridgehead atoms. The Bertz CT molecular complexity index is 818. The number of phenolic OH excluding ortho intramolecular Hbond substituents is 1. The van der Waals surface area contributed by atoms with Crippen molar-refractivity contribution < 1.29 is 5.11 Å². The van der Waals surface area contributed by atoms with E-state index in [1.807, 2.05) is 43.3 Å². The lowest BCUT2D eigenvalue weighted by Gasteiger charge is -2.06. The number of aromatic hydroxyl groups is 1. The third-order valence-corrected chi connectivity index (χ3v) is 3.58. The van der Waals surface area contributed by atoms with Gasteiger partial charge in [-0.1, -0.05) is 12.1 Å². The summed E-state index contributed by atoms with van der Waals surface area (Å²) in [5, 5.41) is 13.7. The van der Waals surface area contributed by atoms with E-state index in [-0.39, 0.29) is 5.75 Å². The lowest BCUT2D eigenvalue weighted by molar-refractivity contribution is 0.475. The Hall–Kier alpha value is -2.82. The van der Waals surface area contributed by atoms with Crippen molar-refractivity contribution in [3.63, 3.8) is 0 Å². The molecule has 0 aliphatic rings. The van der Waals surface area contributed by atoms with E-state index in [0.717, 1.165) is 34.8 Å². The molecule has 2 N–H and O–H groups in total. The Morgan fingerprint density at radius 3 is 2.64 bits per heavy atom. The molecule has 0 atom stereocenters. The van der Waals surface area contributed by atoms with Crippen LogP contribution in [0.15, 0.2) is 53.6 Å². The number of nitrogens with zero attached hydrogens (tertiary/aromatic N) is 3. The molecule has 0 radical (unpaired) electrons. The van der Waals surface area contributed by atoms with Gasteiger partial charge >= 0.3 is 0 Å². The largest absolute Gasteiger partial charge is 0.508 e. The number of aromatic nitrogens is 2. The standard InChI is InChI=1S/C17H18N4O/c1-3-21-16-7-5-4-6-15(16)18-17(21)20-19-12(2)13-8-10-14(22)11-9-13/h4-11,22H,3H2,1-2H3,(H,18,20)/b19-12+. The van der Waals surface area contributed by atoms with Crippen LogP contribution in [0.3, 0.4) is 0 Å². The van der Waals surface area contributed by atoms with Crippen molar-refractivity contribution in [2.45, 2.75) is 20.4 Å². The molecule has 0 amide bonds. The molecule has 0 aliphatic heterocycles. The normalized spacial score (nSPS) is 11.8. The zero-order valence-corrected chi connectivity index (χ0v) is 12.6. The molecule has 0 unspecified atom stereocenters. The number of hydrogen-bond donors (Lipinski definition) is 2. The molecule has 0 spiro atoms. The summed E-state index contributed by atoms with van der Waals surface area (Å²) in [6, 6.07) is 15.0. The SMILES string of the molecule is CCn1c(N/N=C(\C)c2ccc(O)cc2)nc2ccccc21. The Kier molecular flexibility index (Phi) is 3.78. The first-order chi connectivity index (χ1) is 10.7. The maximum absolute atomic E-state index is 9.33. The van der Waals surface area contributed by atoms with E-state index < -0.39 is 0 Å². The highest BCUT2D eigenvalue weighted by molar-refractivity contribution is 5.99. The molecular formula is C17H18N4O. The van der Waals surface area contributed by atoms with Crippen molar-refractivity contribution in [1.82, 2.24) is 9.55 Å². The second-order valence-corrected chi connectivity index (χ2v) is 5.02. The minimum absolute atomic E-state index is 0.247. The molecule has 3 rings (SSSR count). The van der Waals surface area contributed by atoms with Gasteiger partial charge in [0.25, 0.3) is 0 Å². The molecule has 1 aromatic heterocycles. The Labute approximate surface area is 128 Å². The highest BCUT2D eigenvalue weighted by atomic mass is 16.3. The summed E-state index contributed by atoms with van der Waals surface area (Å²) in [4.78, 5) is 4.57. The molecular weight excluding hydrogens is 276 g/mol. The van der Waals surface area contributed by atoms with Gasteiger partial charge in [0.1, 0.15) is 5.75 Å². The highest BCUT2D eigenvalue weighted by Crippen LogP contribution is 2.19. The molecule has 3 aromatic rings. The van der Waals surface area contributed by atoms with Gasteiger partial charge in [-0.3, -0.25) is 0 Å². The van der Waals surface area contributed by atoms with Crippen LogP contribution in [0, 0.1) is 0 Å². The number of hydrogen-bond acceptors (Lipinski definition) is 4. The Morgan fingerprint density at radius 2 is 1.91 bits per heavy atom. The number of phenols is 1. The van der Waals surface area contributed by atoms with Gasteiger partial charge in [0.05, 0.1) is 16.7 Å². The van der Waals surface area contributed by atoms with Crippen LogP contribution in [-0.4, -0.2) is 20.4 Å². The molecule has 0 saturated carbocycles. The third-order valence-electron chi connectivity index (χ3n) is 3.58. The summed E-state index contributed by atoms with van der Waals surface area (Å²) < 4.78 is 2.09. The average molecular weight is 294 g/mol. The van der Waals surface area contributed by atoms with E-state index in [0.29, 0.717) is 0 Å². The summed E-state index contributed by atoms with van der Waals surface area (Å²) in [5.41, 5.74) is 6.86. The van der Waals surface area contributed by atoms with Crippen LogP contribution in [0.2, 0.25) is 0 Å². The summed E-state index contributed by atoms with van der Waals surface area (Å²) in [6.07, 6.45) is 0. The van der Waals surface area contributed by atoms with Crippen LogP contribution in [0.25, 0.3) is 11.0 Å². The Balaban J connectivity index is 1.89. The first-order valence-electron chi connectivity index (χ1n) is 7.24. The predicted octanol–water partition coefficient (Wildman–Crippen LogP) is 3.60. The van der Waals surface area contributed by atoms with Crippen molar-refractivity contribution in [3.8, 4) is 5.75 Å². The third kappa shape index (κ3) is 2.65. The fourth-order valence-corrected chi connectivity index (χ4v) is 2.38. The summed E-state index contributed by atoms with van der Waals surface area (Å²) in [5.74, 6) is 0.971. The van der Waals surface area contributed by atoms with E-state index in [4.69, 9.17) is 0 Å². The van der Waals surface area contributed by atoms with Crippen molar-refractivity contribution in [3.05, 3.63) is 54.1 Å². The number of imidazole rings is 1. The molecule has 5 nitrogen and oxygen atoms in total. The maximum Gasteiger partial charge on any atom is 0.224 e. The van der Waals surface area contributed by atoms with Gasteiger partial charge < -0.3 is 9.67 Å². The topological polar surface area (TPSA) is 62.4 Å². The van der Waals surface area contributed by atoms with Crippen molar-refractivity contribution in [2.75, 3.05) is 5.43 Å². The summed E-state index contributed by atoms with van der Waals surface area (Å²) in [6.45, 7) is 4.81. The minimum Gasteiger partial charge on any atom is -0.508 e. The number of anilines is 1. The van der Waals surface area contributed by atoms with Crippen LogP contribution in [0.1, 0.15) is 19.4 Å². The molecule has 22 heavy (non-hydrogen) atoms. The van der Waals surface area contributed by atoms with Gasteiger partial charge in [0.2, 0.25) is 5.95 Å². The van der Waals surface area contributed by atoms with Gasteiger partial charge in [-0.25, -0.2) is 10.4 Å².